The van der Waals surface area contributed by atoms with E-state index >= 15 is 0 Å². The van der Waals surface area contributed by atoms with Gasteiger partial charge in [-0.05, 0) is 69.9 Å². The molecule has 1 unspecified atom stereocenters. The minimum absolute atomic E-state index is 0.102. The number of nitrogens with zero attached hydrogens (tertiary/aromatic N) is 4. The third-order valence-electron chi connectivity index (χ3n) is 5.83. The number of benzene rings is 1. The Kier molecular flexibility index (Phi) is 7.67. The van der Waals surface area contributed by atoms with Crippen molar-refractivity contribution in [2.24, 2.45) is 15.2 Å². The summed E-state index contributed by atoms with van der Waals surface area (Å²) in [6.07, 6.45) is 8.67. The van der Waals surface area contributed by atoms with Crippen LogP contribution in [0.15, 0.2) is 51.1 Å². The second-order valence-electron chi connectivity index (χ2n) is 9.52. The summed E-state index contributed by atoms with van der Waals surface area (Å²) in [5, 5.41) is 23.7. The molecule has 2 aliphatic rings. The van der Waals surface area contributed by atoms with Gasteiger partial charge in [0.1, 0.15) is 11.6 Å². The summed E-state index contributed by atoms with van der Waals surface area (Å²) < 4.78 is 0. The van der Waals surface area contributed by atoms with Gasteiger partial charge in [-0.2, -0.15) is 0 Å². The Morgan fingerprint density at radius 2 is 2.09 bits per heavy atom. The summed E-state index contributed by atoms with van der Waals surface area (Å²) in [7, 11) is 1.74. The van der Waals surface area contributed by atoms with E-state index in [2.05, 4.69) is 59.2 Å². The van der Waals surface area contributed by atoms with Crippen LogP contribution in [0.25, 0.3) is 5.57 Å². The molecule has 6 heteroatoms. The van der Waals surface area contributed by atoms with Crippen LogP contribution in [-0.4, -0.2) is 59.5 Å². The molecule has 0 bridgehead atoms. The first-order chi connectivity index (χ1) is 15.2. The van der Waals surface area contributed by atoms with Crippen LogP contribution in [0, 0.1) is 0 Å². The molecule has 2 aliphatic heterocycles. The molecule has 0 aliphatic carbocycles. The minimum atomic E-state index is 0.102. The lowest BCUT2D eigenvalue weighted by Crippen LogP contribution is -2.45. The standard InChI is InChI=1S/C26H37N5O/c1-7-18-13-23(22-10-9-20(15-24(22)32)19(8-2)16-27-6)29-30-25(14-18)31-12-11-21(17-31)28-26(3,4)5/h8-10,13,15-16,21,28,32H,7,11-12,14,17H2,1-6H3/b19-8+,27-16?. The number of hydrogen-bond donors (Lipinski definition) is 2. The molecule has 0 amide bonds. The van der Waals surface area contributed by atoms with E-state index in [1.54, 1.807) is 19.3 Å². The number of hydrogen-bond acceptors (Lipinski definition) is 6. The van der Waals surface area contributed by atoms with Crippen LogP contribution >= 0.6 is 0 Å². The van der Waals surface area contributed by atoms with Crippen molar-refractivity contribution in [1.82, 2.24) is 10.2 Å². The lowest BCUT2D eigenvalue weighted by atomic mass is 9.99. The predicted octanol–water partition coefficient (Wildman–Crippen LogP) is 4.80. The highest BCUT2D eigenvalue weighted by Gasteiger charge is 2.28. The van der Waals surface area contributed by atoms with Gasteiger partial charge in [0.15, 0.2) is 0 Å². The molecule has 2 N–H and O–H groups in total. The van der Waals surface area contributed by atoms with E-state index in [-0.39, 0.29) is 11.3 Å². The Hall–Kier alpha value is -2.73. The van der Waals surface area contributed by atoms with Gasteiger partial charge in [0.05, 0.1) is 5.71 Å². The van der Waals surface area contributed by atoms with Crippen molar-refractivity contribution in [2.45, 2.75) is 65.5 Å². The van der Waals surface area contributed by atoms with Gasteiger partial charge in [0, 0.05) is 49.9 Å². The van der Waals surface area contributed by atoms with Gasteiger partial charge < -0.3 is 15.3 Å². The zero-order valence-corrected chi connectivity index (χ0v) is 20.3. The highest BCUT2D eigenvalue weighted by atomic mass is 16.3. The monoisotopic (exact) mass is 435 g/mol. The van der Waals surface area contributed by atoms with E-state index in [0.29, 0.717) is 17.3 Å². The molecule has 1 aromatic carbocycles. The molecule has 32 heavy (non-hydrogen) atoms. The molecule has 6 nitrogen and oxygen atoms in total. The molecular formula is C26H37N5O. The van der Waals surface area contributed by atoms with E-state index in [1.807, 2.05) is 25.1 Å². The molecule has 1 atom stereocenters. The van der Waals surface area contributed by atoms with Crippen molar-refractivity contribution in [2.75, 3.05) is 20.1 Å². The first-order valence-electron chi connectivity index (χ1n) is 11.5. The summed E-state index contributed by atoms with van der Waals surface area (Å²) in [6.45, 7) is 12.7. The Bertz CT molecular complexity index is 978. The number of allylic oxidation sites excluding steroid dienone is 3. The van der Waals surface area contributed by atoms with Crippen LogP contribution < -0.4 is 5.32 Å². The highest BCUT2D eigenvalue weighted by Crippen LogP contribution is 2.27. The van der Waals surface area contributed by atoms with E-state index in [0.717, 1.165) is 49.3 Å². The maximum absolute atomic E-state index is 10.8. The number of nitrogens with one attached hydrogen (secondary N) is 1. The Labute approximate surface area is 192 Å². The SMILES string of the molecule is C/C=C(\C=NC)c1ccc(C2=NN=C(N3CCC(NC(C)(C)C)C3)CC(CC)=C2)c(O)c1. The Morgan fingerprint density at radius 3 is 2.72 bits per heavy atom. The fraction of sp³-hybridized carbons (Fsp3) is 0.500. The third-order valence-corrected chi connectivity index (χ3v) is 5.83. The van der Waals surface area contributed by atoms with Crippen LogP contribution in [-0.2, 0) is 0 Å². The zero-order valence-electron chi connectivity index (χ0n) is 20.3. The smallest absolute Gasteiger partial charge is 0.131 e. The number of aliphatic imine (C=N–C) groups is 1. The molecule has 0 spiro atoms. The Balaban J connectivity index is 1.86. The van der Waals surface area contributed by atoms with Crippen molar-refractivity contribution in [3.63, 3.8) is 0 Å². The van der Waals surface area contributed by atoms with Gasteiger partial charge in [-0.25, -0.2) is 0 Å². The quantitative estimate of drug-likeness (QED) is 0.653. The molecule has 2 heterocycles. The van der Waals surface area contributed by atoms with Crippen molar-refractivity contribution in [3.8, 4) is 5.75 Å². The molecular weight excluding hydrogens is 398 g/mol. The van der Waals surface area contributed by atoms with Crippen LogP contribution in [0.3, 0.4) is 0 Å². The van der Waals surface area contributed by atoms with Gasteiger partial charge >= 0.3 is 0 Å². The Morgan fingerprint density at radius 1 is 1.31 bits per heavy atom. The molecule has 0 aromatic heterocycles. The van der Waals surface area contributed by atoms with Gasteiger partial charge in [0.25, 0.3) is 0 Å². The first kappa shape index (κ1) is 23.9. The number of phenols is 1. The lowest BCUT2D eigenvalue weighted by molar-refractivity contribution is 0.359. The summed E-state index contributed by atoms with van der Waals surface area (Å²) in [5.41, 5.74) is 4.66. The number of aromatic hydroxyl groups is 1. The van der Waals surface area contributed by atoms with E-state index in [9.17, 15) is 5.11 Å². The van der Waals surface area contributed by atoms with Gasteiger partial charge in [0.2, 0.25) is 0 Å². The maximum atomic E-state index is 10.8. The molecule has 0 saturated carbocycles. The normalized spacial score (nSPS) is 20.3. The molecule has 1 aromatic rings. The van der Waals surface area contributed by atoms with Crippen LogP contribution in [0.4, 0.5) is 0 Å². The average molecular weight is 436 g/mol. The van der Waals surface area contributed by atoms with E-state index in [1.165, 1.54) is 5.57 Å². The predicted molar refractivity (Wildman–Crippen MR) is 136 cm³/mol. The minimum Gasteiger partial charge on any atom is -0.507 e. The second kappa shape index (κ2) is 10.3. The van der Waals surface area contributed by atoms with Crippen LogP contribution in [0.2, 0.25) is 0 Å². The topological polar surface area (TPSA) is 72.6 Å². The summed E-state index contributed by atoms with van der Waals surface area (Å²) in [5.74, 6) is 1.21. The van der Waals surface area contributed by atoms with E-state index in [4.69, 9.17) is 0 Å². The van der Waals surface area contributed by atoms with Gasteiger partial charge in [-0.1, -0.05) is 24.6 Å². The largest absolute Gasteiger partial charge is 0.507 e. The third kappa shape index (κ3) is 5.94. The summed E-state index contributed by atoms with van der Waals surface area (Å²) in [6, 6.07) is 6.14. The summed E-state index contributed by atoms with van der Waals surface area (Å²) >= 11 is 0. The van der Waals surface area contributed by atoms with Crippen LogP contribution in [0.1, 0.15) is 65.0 Å². The second-order valence-corrected chi connectivity index (χ2v) is 9.52. The van der Waals surface area contributed by atoms with Gasteiger partial charge in [-0.15, -0.1) is 10.2 Å². The average Bonchev–Trinajstić information content (AvgIpc) is 3.08. The fourth-order valence-corrected chi connectivity index (χ4v) is 4.26. The molecule has 1 fully saturated rings. The molecule has 3 rings (SSSR count). The summed E-state index contributed by atoms with van der Waals surface area (Å²) in [4.78, 5) is 6.45. The van der Waals surface area contributed by atoms with Crippen molar-refractivity contribution in [1.29, 1.82) is 0 Å². The van der Waals surface area contributed by atoms with Crippen molar-refractivity contribution < 1.29 is 5.11 Å². The molecule has 172 valence electrons. The number of likely N-dealkylation sites (tertiary alicyclic amines) is 1. The number of rotatable bonds is 5. The molecule has 1 saturated heterocycles. The highest BCUT2D eigenvalue weighted by molar-refractivity contribution is 6.13. The van der Waals surface area contributed by atoms with Gasteiger partial charge in [-0.3, -0.25) is 4.99 Å². The number of amidine groups is 1. The fourth-order valence-electron chi connectivity index (χ4n) is 4.26. The zero-order chi connectivity index (χ0) is 23.3. The lowest BCUT2D eigenvalue weighted by Gasteiger charge is -2.26. The maximum Gasteiger partial charge on any atom is 0.131 e. The van der Waals surface area contributed by atoms with Crippen molar-refractivity contribution in [3.05, 3.63) is 47.1 Å². The first-order valence-corrected chi connectivity index (χ1v) is 11.5. The van der Waals surface area contributed by atoms with Crippen molar-refractivity contribution >= 4 is 23.3 Å². The molecule has 0 radical (unpaired) electrons. The van der Waals surface area contributed by atoms with E-state index < -0.39 is 0 Å². The number of phenolic OH excluding ortho intramolecular Hbond substituents is 1. The van der Waals surface area contributed by atoms with Crippen LogP contribution in [0.5, 0.6) is 5.75 Å².